The van der Waals surface area contributed by atoms with Crippen molar-refractivity contribution < 1.29 is 14.2 Å². The molecule has 0 radical (unpaired) electrons. The van der Waals surface area contributed by atoms with Crippen LogP contribution in [0, 0.1) is 11.7 Å². The maximum Gasteiger partial charge on any atom is 0.123 e. The average Bonchev–Trinajstić information content (AvgIpc) is 2.95. The van der Waals surface area contributed by atoms with Crippen molar-refractivity contribution >= 4 is 0 Å². The summed E-state index contributed by atoms with van der Waals surface area (Å²) in [6.07, 6.45) is 3.70. The Hall–Kier alpha value is -1.13. The van der Waals surface area contributed by atoms with E-state index >= 15 is 0 Å². The number of aliphatic hydroxyl groups excluding tert-OH is 1. The van der Waals surface area contributed by atoms with Gasteiger partial charge in [0.25, 0.3) is 0 Å². The van der Waals surface area contributed by atoms with Crippen molar-refractivity contribution in [3.05, 3.63) is 29.6 Å². The van der Waals surface area contributed by atoms with Gasteiger partial charge in [0, 0.05) is 18.5 Å². The molecule has 3 nitrogen and oxygen atoms in total. The highest BCUT2D eigenvalue weighted by Gasteiger charge is 2.25. The zero-order valence-corrected chi connectivity index (χ0v) is 10.9. The van der Waals surface area contributed by atoms with Crippen molar-refractivity contribution in [2.24, 2.45) is 5.92 Å². The molecule has 1 aromatic carbocycles. The van der Waals surface area contributed by atoms with Crippen molar-refractivity contribution in [2.75, 3.05) is 13.1 Å². The van der Waals surface area contributed by atoms with Crippen LogP contribution >= 0.6 is 0 Å². The fraction of sp³-hybridized carbons (Fsp3) is 0.600. The van der Waals surface area contributed by atoms with Gasteiger partial charge in [0.05, 0.1) is 6.10 Å². The van der Waals surface area contributed by atoms with Gasteiger partial charge in [-0.2, -0.15) is 0 Å². The molecule has 0 amide bonds. The topological polar surface area (TPSA) is 41.5 Å². The molecule has 1 saturated carbocycles. The molecule has 104 valence electrons. The Morgan fingerprint density at radius 3 is 3.00 bits per heavy atom. The number of hydrogen-bond acceptors (Lipinski definition) is 3. The number of rotatable bonds is 4. The van der Waals surface area contributed by atoms with Gasteiger partial charge in [-0.15, -0.1) is 0 Å². The van der Waals surface area contributed by atoms with Crippen molar-refractivity contribution in [1.29, 1.82) is 0 Å². The van der Waals surface area contributed by atoms with Crippen LogP contribution < -0.4 is 10.1 Å². The van der Waals surface area contributed by atoms with Gasteiger partial charge in [-0.1, -0.05) is 0 Å². The Labute approximate surface area is 112 Å². The first-order valence-electron chi connectivity index (χ1n) is 7.04. The van der Waals surface area contributed by atoms with Gasteiger partial charge in [0.2, 0.25) is 0 Å². The lowest BCUT2D eigenvalue weighted by Gasteiger charge is -2.14. The molecule has 3 rings (SSSR count). The minimum absolute atomic E-state index is 0.100. The van der Waals surface area contributed by atoms with Crippen LogP contribution in [0.15, 0.2) is 18.2 Å². The normalized spacial score (nSPS) is 29.3. The minimum Gasteiger partial charge on any atom is -0.488 e. The third-order valence-corrected chi connectivity index (χ3v) is 4.08. The summed E-state index contributed by atoms with van der Waals surface area (Å²) in [7, 11) is 0. The van der Waals surface area contributed by atoms with Gasteiger partial charge < -0.3 is 15.2 Å². The predicted octanol–water partition coefficient (Wildman–Crippen LogP) is 1.88. The van der Waals surface area contributed by atoms with E-state index < -0.39 is 0 Å². The zero-order chi connectivity index (χ0) is 13.2. The number of hydrogen-bond donors (Lipinski definition) is 2. The summed E-state index contributed by atoms with van der Waals surface area (Å²) >= 11 is 0. The van der Waals surface area contributed by atoms with Crippen LogP contribution in [-0.4, -0.2) is 30.4 Å². The van der Waals surface area contributed by atoms with Crippen molar-refractivity contribution in [3.8, 4) is 5.75 Å². The van der Waals surface area contributed by atoms with E-state index in [9.17, 15) is 9.50 Å². The van der Waals surface area contributed by atoms with Crippen molar-refractivity contribution in [3.63, 3.8) is 0 Å². The maximum atomic E-state index is 13.1. The third-order valence-electron chi connectivity index (χ3n) is 4.08. The lowest BCUT2D eigenvalue weighted by molar-refractivity contribution is 0.176. The molecule has 19 heavy (non-hydrogen) atoms. The molecule has 1 aliphatic heterocycles. The van der Waals surface area contributed by atoms with Gasteiger partial charge in [0.15, 0.2) is 0 Å². The molecule has 4 heteroatoms. The smallest absolute Gasteiger partial charge is 0.123 e. The van der Waals surface area contributed by atoms with Gasteiger partial charge in [0.1, 0.15) is 17.7 Å². The summed E-state index contributed by atoms with van der Waals surface area (Å²) in [6, 6.07) is 4.70. The SMILES string of the molecule is OC1CCC(CNCC2Cc3cc(F)ccc3O2)C1. The number of fused-ring (bicyclic) bond motifs is 1. The Kier molecular flexibility index (Phi) is 3.71. The van der Waals surface area contributed by atoms with Crippen LogP contribution in [0.1, 0.15) is 24.8 Å². The number of aliphatic hydroxyl groups is 1. The van der Waals surface area contributed by atoms with E-state index in [-0.39, 0.29) is 18.0 Å². The number of halogens is 1. The van der Waals surface area contributed by atoms with E-state index in [1.54, 1.807) is 12.1 Å². The van der Waals surface area contributed by atoms with Gasteiger partial charge in [-0.3, -0.25) is 0 Å². The van der Waals surface area contributed by atoms with Crippen LogP contribution in [0.2, 0.25) is 0 Å². The maximum absolute atomic E-state index is 13.1. The highest BCUT2D eigenvalue weighted by atomic mass is 19.1. The van der Waals surface area contributed by atoms with E-state index in [2.05, 4.69) is 5.32 Å². The quantitative estimate of drug-likeness (QED) is 0.873. The first-order chi connectivity index (χ1) is 9.20. The highest BCUT2D eigenvalue weighted by Crippen LogP contribution is 2.29. The Morgan fingerprint density at radius 1 is 1.32 bits per heavy atom. The van der Waals surface area contributed by atoms with E-state index in [1.807, 2.05) is 0 Å². The lowest BCUT2D eigenvalue weighted by atomic mass is 10.1. The monoisotopic (exact) mass is 265 g/mol. The largest absolute Gasteiger partial charge is 0.488 e. The molecule has 3 unspecified atom stereocenters. The number of nitrogens with one attached hydrogen (secondary N) is 1. The Morgan fingerprint density at radius 2 is 2.21 bits per heavy atom. The molecular weight excluding hydrogens is 245 g/mol. The molecule has 0 bridgehead atoms. The van der Waals surface area contributed by atoms with E-state index in [1.165, 1.54) is 6.07 Å². The molecule has 1 fully saturated rings. The predicted molar refractivity (Wildman–Crippen MR) is 70.7 cm³/mol. The number of benzene rings is 1. The van der Waals surface area contributed by atoms with Gasteiger partial charge in [-0.25, -0.2) is 4.39 Å². The molecule has 0 saturated heterocycles. The first kappa shape index (κ1) is 12.9. The summed E-state index contributed by atoms with van der Waals surface area (Å²) in [5.74, 6) is 1.19. The summed E-state index contributed by atoms with van der Waals surface area (Å²) in [4.78, 5) is 0. The van der Waals surface area contributed by atoms with Crippen LogP contribution in [-0.2, 0) is 6.42 Å². The molecule has 0 spiro atoms. The second kappa shape index (κ2) is 5.47. The highest BCUT2D eigenvalue weighted by molar-refractivity contribution is 5.37. The van der Waals surface area contributed by atoms with E-state index in [0.29, 0.717) is 5.92 Å². The molecule has 1 heterocycles. The third kappa shape index (κ3) is 3.07. The van der Waals surface area contributed by atoms with E-state index in [0.717, 1.165) is 50.1 Å². The molecule has 0 aromatic heterocycles. The fourth-order valence-corrected chi connectivity index (χ4v) is 3.09. The molecule has 3 atom stereocenters. The molecule has 1 aliphatic carbocycles. The lowest BCUT2D eigenvalue weighted by Crippen LogP contribution is -2.33. The summed E-state index contributed by atoms with van der Waals surface area (Å²) in [5, 5.41) is 12.9. The van der Waals surface area contributed by atoms with Crippen LogP contribution in [0.5, 0.6) is 5.75 Å². The van der Waals surface area contributed by atoms with Crippen LogP contribution in [0.25, 0.3) is 0 Å². The summed E-state index contributed by atoms with van der Waals surface area (Å²) < 4.78 is 18.9. The van der Waals surface area contributed by atoms with Gasteiger partial charge in [-0.05, 0) is 49.9 Å². The Bertz CT molecular complexity index is 452. The van der Waals surface area contributed by atoms with Gasteiger partial charge >= 0.3 is 0 Å². The summed E-state index contributed by atoms with van der Waals surface area (Å²) in [5.41, 5.74) is 0.961. The average molecular weight is 265 g/mol. The minimum atomic E-state index is -0.198. The Balaban J connectivity index is 1.43. The second-order valence-electron chi connectivity index (χ2n) is 5.69. The standard InChI is InChI=1S/C15H20FNO2/c16-12-2-4-15-11(6-12)7-14(19-15)9-17-8-10-1-3-13(18)5-10/h2,4,6,10,13-14,17-18H,1,3,5,7-9H2. The number of ether oxygens (including phenoxy) is 1. The van der Waals surface area contributed by atoms with Crippen LogP contribution in [0.3, 0.4) is 0 Å². The molecule has 1 aromatic rings. The van der Waals surface area contributed by atoms with Crippen molar-refractivity contribution in [1.82, 2.24) is 5.32 Å². The second-order valence-corrected chi connectivity index (χ2v) is 5.69. The van der Waals surface area contributed by atoms with E-state index in [4.69, 9.17) is 4.74 Å². The summed E-state index contributed by atoms with van der Waals surface area (Å²) in [6.45, 7) is 1.71. The molecular formula is C15H20FNO2. The zero-order valence-electron chi connectivity index (χ0n) is 10.9. The van der Waals surface area contributed by atoms with Crippen LogP contribution in [0.4, 0.5) is 4.39 Å². The molecule has 2 aliphatic rings. The van der Waals surface area contributed by atoms with Crippen molar-refractivity contribution in [2.45, 2.75) is 37.9 Å². The fourth-order valence-electron chi connectivity index (χ4n) is 3.09. The molecule has 2 N–H and O–H groups in total. The first-order valence-corrected chi connectivity index (χ1v) is 7.04.